The van der Waals surface area contributed by atoms with E-state index in [9.17, 15) is 8.42 Å². The predicted molar refractivity (Wildman–Crippen MR) is 128 cm³/mol. The molecule has 2 rings (SSSR count). The molecule has 3 N–H and O–H groups in total. The lowest BCUT2D eigenvalue weighted by molar-refractivity contribution is 0.196. The lowest BCUT2D eigenvalue weighted by atomic mass is 10.2. The summed E-state index contributed by atoms with van der Waals surface area (Å²) < 4.78 is 33.4. The van der Waals surface area contributed by atoms with Crippen molar-refractivity contribution in [1.82, 2.24) is 9.71 Å². The highest BCUT2D eigenvalue weighted by atomic mass is 33.1. The van der Waals surface area contributed by atoms with Crippen molar-refractivity contribution in [3.8, 4) is 0 Å². The van der Waals surface area contributed by atoms with Crippen LogP contribution in [0.15, 0.2) is 70.0 Å². The molecule has 0 radical (unpaired) electrons. The van der Waals surface area contributed by atoms with Gasteiger partial charge in [0.1, 0.15) is 4.90 Å². The van der Waals surface area contributed by atoms with Gasteiger partial charge in [-0.05, 0) is 28.8 Å². The van der Waals surface area contributed by atoms with Crippen molar-refractivity contribution < 1.29 is 13.2 Å². The second-order valence-electron chi connectivity index (χ2n) is 6.56. The summed E-state index contributed by atoms with van der Waals surface area (Å²) in [5.41, 5.74) is 5.98. The minimum Gasteiger partial charge on any atom is -0.490 e. The van der Waals surface area contributed by atoms with E-state index in [4.69, 9.17) is 10.5 Å². The van der Waals surface area contributed by atoms with Crippen LogP contribution in [0.3, 0.4) is 0 Å². The van der Waals surface area contributed by atoms with E-state index in [0.29, 0.717) is 34.6 Å². The van der Waals surface area contributed by atoms with E-state index in [-0.39, 0.29) is 11.4 Å². The monoisotopic (exact) mass is 466 g/mol. The van der Waals surface area contributed by atoms with Crippen molar-refractivity contribution in [3.63, 3.8) is 0 Å². The van der Waals surface area contributed by atoms with E-state index < -0.39 is 10.0 Å². The number of benzene rings is 1. The number of nitrogens with one attached hydrogen (secondary N) is 1. The number of hydrogen-bond donors (Lipinski definition) is 2. The molecule has 0 saturated carbocycles. The summed E-state index contributed by atoms with van der Waals surface area (Å²) in [7, 11) is -0.847. The SMILES string of the molecule is C=C(/N=C\C(=C/N)OCC(C)C)SSCCNS(=O)(=O)c1cccc2cccnc12. The predicted octanol–water partition coefficient (Wildman–Crippen LogP) is 3.91. The van der Waals surface area contributed by atoms with Crippen LogP contribution in [-0.4, -0.2) is 38.5 Å². The van der Waals surface area contributed by atoms with E-state index in [1.54, 1.807) is 24.4 Å². The van der Waals surface area contributed by atoms with Gasteiger partial charge >= 0.3 is 0 Å². The topological polar surface area (TPSA) is 107 Å². The van der Waals surface area contributed by atoms with Gasteiger partial charge in [0.15, 0.2) is 5.76 Å². The molecule has 0 fully saturated rings. The fourth-order valence-electron chi connectivity index (χ4n) is 2.25. The smallest absolute Gasteiger partial charge is 0.242 e. The molecule has 30 heavy (non-hydrogen) atoms. The average Bonchev–Trinajstić information content (AvgIpc) is 2.73. The summed E-state index contributed by atoms with van der Waals surface area (Å²) in [4.78, 5) is 8.58. The van der Waals surface area contributed by atoms with Crippen LogP contribution in [0.25, 0.3) is 10.9 Å². The molecule has 0 saturated heterocycles. The molecule has 7 nitrogen and oxygen atoms in total. The van der Waals surface area contributed by atoms with Crippen molar-refractivity contribution in [2.75, 3.05) is 18.9 Å². The number of aliphatic imine (C=N–C) groups is 1. The molecule has 0 aliphatic heterocycles. The number of fused-ring (bicyclic) bond motifs is 1. The Balaban J connectivity index is 1.79. The van der Waals surface area contributed by atoms with Crippen LogP contribution in [0, 0.1) is 5.92 Å². The van der Waals surface area contributed by atoms with E-state index in [0.717, 1.165) is 5.39 Å². The van der Waals surface area contributed by atoms with Gasteiger partial charge in [0.2, 0.25) is 10.0 Å². The molecule has 162 valence electrons. The van der Waals surface area contributed by atoms with Crippen molar-refractivity contribution in [2.45, 2.75) is 18.7 Å². The maximum Gasteiger partial charge on any atom is 0.242 e. The summed E-state index contributed by atoms with van der Waals surface area (Å²) in [6.45, 7) is 8.77. The first-order chi connectivity index (χ1) is 14.3. The quantitative estimate of drug-likeness (QED) is 0.211. The standard InChI is InChI=1S/C20H26N4O3S3/c1-15(2)14-27-18(12-21)13-23-16(3)29-28-11-10-24-30(25,26)19-8-4-6-17-7-5-9-22-20(17)19/h4-9,12-13,15,24H,3,10-11,14,21H2,1-2H3/b18-12+,23-13-. The van der Waals surface area contributed by atoms with E-state index >= 15 is 0 Å². The zero-order valence-electron chi connectivity index (χ0n) is 16.9. The number of nitrogens with zero attached hydrogens (tertiary/aromatic N) is 2. The second kappa shape index (κ2) is 12.0. The van der Waals surface area contributed by atoms with Gasteiger partial charge < -0.3 is 10.5 Å². The minimum atomic E-state index is -3.65. The van der Waals surface area contributed by atoms with Gasteiger partial charge in [-0.25, -0.2) is 18.1 Å². The van der Waals surface area contributed by atoms with E-state index in [1.165, 1.54) is 34.0 Å². The van der Waals surface area contributed by atoms with Crippen LogP contribution in [0.2, 0.25) is 0 Å². The molecule has 0 aliphatic carbocycles. The first kappa shape index (κ1) is 24.3. The Morgan fingerprint density at radius 3 is 2.87 bits per heavy atom. The van der Waals surface area contributed by atoms with E-state index in [2.05, 4.69) is 21.3 Å². The zero-order chi connectivity index (χ0) is 22.0. The van der Waals surface area contributed by atoms with Gasteiger partial charge in [-0.2, -0.15) is 0 Å². The van der Waals surface area contributed by atoms with E-state index in [1.807, 2.05) is 26.0 Å². The molecule has 0 aliphatic rings. The summed E-state index contributed by atoms with van der Waals surface area (Å²) in [6, 6.07) is 8.70. The molecule has 0 bridgehead atoms. The molecule has 1 heterocycles. The van der Waals surface area contributed by atoms with Gasteiger partial charge in [0.25, 0.3) is 0 Å². The number of para-hydroxylation sites is 1. The Morgan fingerprint density at radius 2 is 2.13 bits per heavy atom. The Hall–Kier alpha value is -2.01. The van der Waals surface area contributed by atoms with Crippen LogP contribution in [-0.2, 0) is 14.8 Å². The summed E-state index contributed by atoms with van der Waals surface area (Å²) in [5.74, 6) is 1.40. The summed E-state index contributed by atoms with van der Waals surface area (Å²) in [5, 5.41) is 1.34. The van der Waals surface area contributed by atoms with Crippen molar-refractivity contribution in [3.05, 3.63) is 60.1 Å². The number of aromatic nitrogens is 1. The number of nitrogens with two attached hydrogens (primary N) is 1. The van der Waals surface area contributed by atoms with Crippen LogP contribution >= 0.6 is 21.6 Å². The highest BCUT2D eigenvalue weighted by molar-refractivity contribution is 8.78. The molecule has 0 spiro atoms. The molecular formula is C20H26N4O3S3. The van der Waals surface area contributed by atoms with Crippen molar-refractivity contribution in [2.24, 2.45) is 16.6 Å². The summed E-state index contributed by atoms with van der Waals surface area (Å²) in [6.07, 6.45) is 4.46. The third-order valence-electron chi connectivity index (χ3n) is 3.60. The molecule has 1 aromatic carbocycles. The fourth-order valence-corrected chi connectivity index (χ4v) is 5.12. The minimum absolute atomic E-state index is 0.176. The Bertz CT molecular complexity index is 1020. The van der Waals surface area contributed by atoms with Crippen LogP contribution in [0.4, 0.5) is 0 Å². The molecule has 2 aromatic rings. The number of allylic oxidation sites excluding steroid dienone is 1. The highest BCUT2D eigenvalue weighted by Crippen LogP contribution is 2.29. The molecule has 0 atom stereocenters. The van der Waals surface area contributed by atoms with Crippen molar-refractivity contribution in [1.29, 1.82) is 0 Å². The van der Waals surface area contributed by atoms with Gasteiger partial charge in [-0.3, -0.25) is 4.98 Å². The fraction of sp³-hybridized carbons (Fsp3) is 0.300. The van der Waals surface area contributed by atoms with Crippen molar-refractivity contribution >= 4 is 48.7 Å². The van der Waals surface area contributed by atoms with Gasteiger partial charge in [-0.1, -0.05) is 49.4 Å². The maximum absolute atomic E-state index is 12.6. The van der Waals surface area contributed by atoms with Gasteiger partial charge in [0.05, 0.1) is 23.4 Å². The lowest BCUT2D eigenvalue weighted by Gasteiger charge is -2.09. The van der Waals surface area contributed by atoms with Gasteiger partial charge in [0, 0.05) is 30.1 Å². The Morgan fingerprint density at radius 1 is 1.37 bits per heavy atom. The first-order valence-corrected chi connectivity index (χ1v) is 13.0. The van der Waals surface area contributed by atoms with Crippen LogP contribution < -0.4 is 10.5 Å². The molecule has 0 amide bonds. The largest absolute Gasteiger partial charge is 0.490 e. The van der Waals surface area contributed by atoms with Crippen LogP contribution in [0.1, 0.15) is 13.8 Å². The molecule has 10 heteroatoms. The number of sulfonamides is 1. The molecule has 0 unspecified atom stereocenters. The number of ether oxygens (including phenoxy) is 1. The number of hydrogen-bond acceptors (Lipinski definition) is 8. The Kier molecular flexibility index (Phi) is 9.70. The normalized spacial score (nSPS) is 12.7. The Labute approximate surface area is 185 Å². The third-order valence-corrected chi connectivity index (χ3v) is 7.31. The first-order valence-electron chi connectivity index (χ1n) is 9.24. The molecule has 1 aromatic heterocycles. The second-order valence-corrected chi connectivity index (χ2v) is 10.8. The third kappa shape index (κ3) is 7.67. The molecular weight excluding hydrogens is 440 g/mol. The maximum atomic E-state index is 12.6. The zero-order valence-corrected chi connectivity index (χ0v) is 19.4. The van der Waals surface area contributed by atoms with Gasteiger partial charge in [-0.15, -0.1) is 0 Å². The number of pyridine rings is 1. The number of rotatable bonds is 12. The summed E-state index contributed by atoms with van der Waals surface area (Å²) >= 11 is 0. The lowest BCUT2D eigenvalue weighted by Crippen LogP contribution is -2.26. The van der Waals surface area contributed by atoms with Crippen LogP contribution in [0.5, 0.6) is 0 Å². The highest BCUT2D eigenvalue weighted by Gasteiger charge is 2.17. The average molecular weight is 467 g/mol.